The monoisotopic (exact) mass is 621 g/mol. The smallest absolute Gasteiger partial charge is 0.434 e. The molecular formula is C26H27N11O8. The molecule has 0 radical (unpaired) electrons. The van der Waals surface area contributed by atoms with E-state index in [-0.39, 0.29) is 54.4 Å². The number of aromatic nitrogens is 6. The summed E-state index contributed by atoms with van der Waals surface area (Å²) in [5.41, 5.74) is 7.40. The molecule has 4 rings (SSSR count). The normalized spacial score (nSPS) is 11.5. The molecule has 6 N–H and O–H groups in total. The quantitative estimate of drug-likeness (QED) is 0.0962. The molecule has 1 aromatic carbocycles. The van der Waals surface area contributed by atoms with Gasteiger partial charge in [-0.05, 0) is 35.6 Å². The van der Waals surface area contributed by atoms with Crippen LogP contribution in [0, 0.1) is 10.1 Å². The van der Waals surface area contributed by atoms with E-state index in [0.717, 1.165) is 0 Å². The minimum Gasteiger partial charge on any atom is -0.481 e. The molecule has 0 bridgehead atoms. The predicted molar refractivity (Wildman–Crippen MR) is 156 cm³/mol. The van der Waals surface area contributed by atoms with Gasteiger partial charge in [0.05, 0.1) is 31.4 Å². The Balaban J connectivity index is 1.43. The Morgan fingerprint density at radius 1 is 1.09 bits per heavy atom. The second kappa shape index (κ2) is 13.8. The van der Waals surface area contributed by atoms with E-state index < -0.39 is 47.1 Å². The zero-order valence-corrected chi connectivity index (χ0v) is 23.7. The predicted octanol–water partition coefficient (Wildman–Crippen LogP) is 0.820. The van der Waals surface area contributed by atoms with Crippen molar-refractivity contribution in [2.24, 2.45) is 0 Å². The van der Waals surface area contributed by atoms with E-state index in [9.17, 15) is 34.4 Å². The summed E-state index contributed by atoms with van der Waals surface area (Å²) in [6.45, 7) is 0.223. The number of anilines is 3. The molecule has 4 aromatic rings. The molecule has 45 heavy (non-hydrogen) atoms. The van der Waals surface area contributed by atoms with Gasteiger partial charge in [0.1, 0.15) is 18.4 Å². The van der Waals surface area contributed by atoms with Crippen LogP contribution in [0.4, 0.5) is 23.4 Å². The molecular weight excluding hydrogens is 594 g/mol. The number of hydrogen-bond acceptors (Lipinski definition) is 13. The number of nitrogen functional groups attached to an aromatic ring is 1. The van der Waals surface area contributed by atoms with Gasteiger partial charge in [0.2, 0.25) is 11.9 Å². The van der Waals surface area contributed by atoms with Gasteiger partial charge in [-0.15, -0.1) is 0 Å². The third kappa shape index (κ3) is 8.18. The second-order valence-electron chi connectivity index (χ2n) is 9.64. The third-order valence-corrected chi connectivity index (χ3v) is 6.39. The topological polar surface area (TPSA) is 275 Å². The number of carboxylic acid groups (broad SMARTS) is 2. The minimum atomic E-state index is -1.35. The first-order valence-electron chi connectivity index (χ1n) is 13.2. The molecule has 0 fully saturated rings. The Labute approximate surface area is 253 Å². The Hall–Kier alpha value is -6.27. The zero-order chi connectivity index (χ0) is 32.7. The van der Waals surface area contributed by atoms with Crippen molar-refractivity contribution in [2.45, 2.75) is 38.4 Å². The molecule has 1 unspecified atom stereocenters. The summed E-state index contributed by atoms with van der Waals surface area (Å²) in [6, 6.07) is 4.90. The summed E-state index contributed by atoms with van der Waals surface area (Å²) in [6.07, 6.45) is 3.32. The molecule has 0 aliphatic rings. The molecule has 19 nitrogen and oxygen atoms in total. The van der Waals surface area contributed by atoms with Crippen LogP contribution in [0.2, 0.25) is 0 Å². The van der Waals surface area contributed by atoms with Crippen LogP contribution in [0.25, 0.3) is 11.2 Å². The van der Waals surface area contributed by atoms with Crippen LogP contribution in [0.5, 0.6) is 0 Å². The first-order chi connectivity index (χ1) is 21.4. The van der Waals surface area contributed by atoms with Crippen molar-refractivity contribution in [3.63, 3.8) is 0 Å². The lowest BCUT2D eigenvalue weighted by atomic mass is 10.1. The number of fused-ring (bicyclic) bond motifs is 1. The van der Waals surface area contributed by atoms with Crippen LogP contribution in [0.15, 0.2) is 42.9 Å². The number of rotatable bonds is 14. The Bertz CT molecular complexity index is 1760. The number of nitrogens with zero attached hydrogens (tertiary/aromatic N) is 8. The van der Waals surface area contributed by atoms with Gasteiger partial charge in [0.15, 0.2) is 17.0 Å². The number of imidazole rings is 1. The number of amides is 2. The van der Waals surface area contributed by atoms with Crippen LogP contribution in [0.3, 0.4) is 0 Å². The number of nitrogens with two attached hydrogens (primary N) is 1. The number of aryl methyl sites for hydroxylation is 1. The maximum atomic E-state index is 12.7. The number of hydrogen-bond donors (Lipinski definition) is 5. The lowest BCUT2D eigenvalue weighted by molar-refractivity contribution is -0.396. The van der Waals surface area contributed by atoms with Crippen molar-refractivity contribution in [3.8, 4) is 0 Å². The molecule has 19 heteroatoms. The Kier molecular flexibility index (Phi) is 9.71. The molecule has 0 aliphatic heterocycles. The van der Waals surface area contributed by atoms with E-state index in [1.807, 2.05) is 0 Å². The van der Waals surface area contributed by atoms with Gasteiger partial charge < -0.3 is 41.6 Å². The van der Waals surface area contributed by atoms with Crippen LogP contribution in [0.1, 0.15) is 35.3 Å². The van der Waals surface area contributed by atoms with E-state index in [1.54, 1.807) is 24.1 Å². The first kappa shape index (κ1) is 31.7. The summed E-state index contributed by atoms with van der Waals surface area (Å²) in [5, 5.41) is 34.1. The number of carbonyl (C=O) groups is 4. The van der Waals surface area contributed by atoms with Crippen LogP contribution < -0.4 is 21.3 Å². The Morgan fingerprint density at radius 2 is 1.82 bits per heavy atom. The Morgan fingerprint density at radius 3 is 2.49 bits per heavy atom. The fraction of sp³-hybridized carbons (Fsp3) is 0.269. The highest BCUT2D eigenvalue weighted by Gasteiger charge is 2.22. The van der Waals surface area contributed by atoms with E-state index >= 15 is 0 Å². The lowest BCUT2D eigenvalue weighted by Gasteiger charge is -2.19. The average Bonchev–Trinajstić information content (AvgIpc) is 3.47. The molecule has 3 heterocycles. The van der Waals surface area contributed by atoms with E-state index in [4.69, 9.17) is 10.8 Å². The van der Waals surface area contributed by atoms with Gasteiger partial charge in [-0.2, -0.15) is 9.97 Å². The van der Waals surface area contributed by atoms with E-state index in [0.29, 0.717) is 11.4 Å². The van der Waals surface area contributed by atoms with Crippen LogP contribution >= 0.6 is 0 Å². The molecule has 1 atom stereocenters. The van der Waals surface area contributed by atoms with Gasteiger partial charge >= 0.3 is 17.9 Å². The number of aliphatic carboxylic acids is 2. The maximum Gasteiger partial charge on any atom is 0.434 e. The van der Waals surface area contributed by atoms with Crippen molar-refractivity contribution in [1.82, 2.24) is 34.8 Å². The number of nitrogens with one attached hydrogen (secondary N) is 2. The SMILES string of the molecule is CN(Cc1cnc2nc(N)nc(NC(=O)CCn3ccnc3[N+](=O)[O-])c2n1)c1ccc(C(=O)NC(CCC(=O)O)C(=O)O)cc1. The summed E-state index contributed by atoms with van der Waals surface area (Å²) in [4.78, 5) is 80.2. The fourth-order valence-corrected chi connectivity index (χ4v) is 4.16. The van der Waals surface area contributed by atoms with Crippen molar-refractivity contribution in [3.05, 3.63) is 64.2 Å². The molecule has 0 saturated heterocycles. The van der Waals surface area contributed by atoms with Crippen LogP contribution in [-0.4, -0.2) is 81.5 Å². The highest BCUT2D eigenvalue weighted by molar-refractivity contribution is 5.97. The fourth-order valence-electron chi connectivity index (χ4n) is 4.16. The molecule has 0 spiro atoms. The molecule has 2 amide bonds. The number of benzene rings is 1. The van der Waals surface area contributed by atoms with Gasteiger partial charge in [-0.3, -0.25) is 14.4 Å². The highest BCUT2D eigenvalue weighted by Crippen LogP contribution is 2.21. The van der Waals surface area contributed by atoms with Gasteiger partial charge in [0, 0.05) is 24.7 Å². The van der Waals surface area contributed by atoms with Gasteiger partial charge in [-0.1, -0.05) is 4.98 Å². The summed E-state index contributed by atoms with van der Waals surface area (Å²) in [5.74, 6) is -4.22. The second-order valence-corrected chi connectivity index (χ2v) is 9.64. The maximum absolute atomic E-state index is 12.7. The standard InChI is InChI=1S/C26H27N11O8/c1-35(16-4-2-14(3-5-16)23(41)31-17(24(42)43)6-7-19(39)40)13-15-12-29-21-20(30-15)22(34-25(27)33-21)32-18(38)8-10-36-11-9-28-26(36)37(44)45/h2-5,9,11-12,17H,6-8,10,13H2,1H3,(H,31,41)(H,39,40)(H,42,43)(H3,27,29,32,33,34,38). The third-order valence-electron chi connectivity index (χ3n) is 6.39. The van der Waals surface area contributed by atoms with E-state index in [2.05, 4.69) is 35.6 Å². The number of nitro groups is 1. The summed E-state index contributed by atoms with van der Waals surface area (Å²) < 4.78 is 1.23. The number of carboxylic acids is 2. The van der Waals surface area contributed by atoms with E-state index in [1.165, 1.54) is 35.3 Å². The van der Waals surface area contributed by atoms with Crippen molar-refractivity contribution in [2.75, 3.05) is 23.0 Å². The highest BCUT2D eigenvalue weighted by atomic mass is 16.6. The summed E-state index contributed by atoms with van der Waals surface area (Å²) in [7, 11) is 1.75. The lowest BCUT2D eigenvalue weighted by Crippen LogP contribution is -2.41. The van der Waals surface area contributed by atoms with Crippen molar-refractivity contribution < 1.29 is 34.3 Å². The molecule has 0 saturated carbocycles. The largest absolute Gasteiger partial charge is 0.481 e. The van der Waals surface area contributed by atoms with Crippen molar-refractivity contribution in [1.29, 1.82) is 0 Å². The molecule has 0 aliphatic carbocycles. The van der Waals surface area contributed by atoms with Crippen LogP contribution in [-0.2, 0) is 27.5 Å². The number of carbonyl (C=O) groups excluding carboxylic acids is 2. The van der Waals surface area contributed by atoms with Gasteiger partial charge in [0.25, 0.3) is 5.91 Å². The molecule has 234 valence electrons. The van der Waals surface area contributed by atoms with Crippen molar-refractivity contribution >= 4 is 58.3 Å². The molecule has 3 aromatic heterocycles. The zero-order valence-electron chi connectivity index (χ0n) is 23.7. The minimum absolute atomic E-state index is 0.00627. The first-order valence-corrected chi connectivity index (χ1v) is 13.2. The average molecular weight is 622 g/mol. The van der Waals surface area contributed by atoms with Gasteiger partial charge in [-0.25, -0.2) is 19.3 Å². The summed E-state index contributed by atoms with van der Waals surface area (Å²) >= 11 is 0.